The summed E-state index contributed by atoms with van der Waals surface area (Å²) in [5, 5.41) is 7.47. The Morgan fingerprint density at radius 2 is 2.33 bits per heavy atom. The molecule has 5 heteroatoms. The Bertz CT molecular complexity index is 613. The maximum Gasteiger partial charge on any atom is 0.252 e. The Labute approximate surface area is 109 Å². The molecule has 1 fully saturated rings. The molecule has 2 aromatic rings. The third kappa shape index (κ3) is 2.46. The smallest absolute Gasteiger partial charge is 0.252 e. The number of nitrogens with one attached hydrogen (secondary N) is 2. The molecule has 94 valence electrons. The summed E-state index contributed by atoms with van der Waals surface area (Å²) in [5.74, 6) is 1.96. The van der Waals surface area contributed by atoms with E-state index in [1.165, 1.54) is 17.2 Å². The van der Waals surface area contributed by atoms with Crippen LogP contribution in [0.3, 0.4) is 0 Å². The lowest BCUT2D eigenvalue weighted by Crippen LogP contribution is -2.13. The first kappa shape index (κ1) is 11.5. The second-order valence-corrected chi connectivity index (χ2v) is 5.47. The van der Waals surface area contributed by atoms with Crippen molar-refractivity contribution in [3.8, 4) is 0 Å². The first-order valence-electron chi connectivity index (χ1n) is 6.09. The highest BCUT2D eigenvalue weighted by Crippen LogP contribution is 2.37. The lowest BCUT2D eigenvalue weighted by Gasteiger charge is -2.06. The van der Waals surface area contributed by atoms with Gasteiger partial charge in [0.1, 0.15) is 11.6 Å². The molecule has 0 spiro atoms. The second-order valence-electron chi connectivity index (χ2n) is 4.72. The molecule has 2 N–H and O–H groups in total. The molecule has 0 radical (unpaired) electrons. The van der Waals surface area contributed by atoms with Crippen molar-refractivity contribution in [1.29, 1.82) is 0 Å². The Morgan fingerprint density at radius 1 is 1.50 bits per heavy atom. The molecule has 4 nitrogen and oxygen atoms in total. The van der Waals surface area contributed by atoms with Crippen molar-refractivity contribution in [2.24, 2.45) is 0 Å². The Morgan fingerprint density at radius 3 is 3.00 bits per heavy atom. The Hall–Kier alpha value is -1.62. The van der Waals surface area contributed by atoms with Gasteiger partial charge in [0.2, 0.25) is 0 Å². The lowest BCUT2D eigenvalue weighted by molar-refractivity contribution is 0.903. The zero-order chi connectivity index (χ0) is 12.5. The fraction of sp³-hybridized carbons (Fsp3) is 0.385. The maximum absolute atomic E-state index is 11.5. The molecule has 2 aromatic heterocycles. The molecule has 2 heterocycles. The van der Waals surface area contributed by atoms with E-state index in [9.17, 15) is 4.79 Å². The predicted octanol–water partition coefficient (Wildman–Crippen LogP) is 2.63. The molecule has 0 unspecified atom stereocenters. The minimum atomic E-state index is -0.0727. The Balaban J connectivity index is 1.76. The van der Waals surface area contributed by atoms with Gasteiger partial charge in [0, 0.05) is 18.5 Å². The van der Waals surface area contributed by atoms with Gasteiger partial charge in [0.25, 0.3) is 5.56 Å². The van der Waals surface area contributed by atoms with E-state index in [1.54, 1.807) is 11.3 Å². The third-order valence-electron chi connectivity index (χ3n) is 3.15. The average Bonchev–Trinajstić information content (AvgIpc) is 3.11. The number of hydrogen-bond acceptors (Lipinski definition) is 4. The van der Waals surface area contributed by atoms with E-state index in [1.807, 2.05) is 0 Å². The highest BCUT2D eigenvalue weighted by atomic mass is 32.1. The number of hydrogen-bond donors (Lipinski definition) is 2. The molecule has 18 heavy (non-hydrogen) atoms. The number of nitrogens with zero attached hydrogens (tertiary/aromatic N) is 1. The normalized spacial score (nSPS) is 14.7. The van der Waals surface area contributed by atoms with Crippen LogP contribution < -0.4 is 10.9 Å². The van der Waals surface area contributed by atoms with Crippen LogP contribution in [0.5, 0.6) is 0 Å². The van der Waals surface area contributed by atoms with Crippen LogP contribution in [0.4, 0.5) is 5.82 Å². The summed E-state index contributed by atoms with van der Waals surface area (Å²) < 4.78 is 0. The summed E-state index contributed by atoms with van der Waals surface area (Å²) in [6, 6.07) is 1.52. The summed E-state index contributed by atoms with van der Waals surface area (Å²) in [6.07, 6.45) is 2.27. The highest BCUT2D eigenvalue weighted by Gasteiger charge is 2.26. The van der Waals surface area contributed by atoms with Gasteiger partial charge in [0.15, 0.2) is 0 Å². The summed E-state index contributed by atoms with van der Waals surface area (Å²) in [5.41, 5.74) is 2.46. The van der Waals surface area contributed by atoms with E-state index in [2.05, 4.69) is 33.0 Å². The van der Waals surface area contributed by atoms with Crippen molar-refractivity contribution < 1.29 is 0 Å². The molecule has 1 saturated carbocycles. The van der Waals surface area contributed by atoms with Crippen LogP contribution in [0.15, 0.2) is 21.6 Å². The van der Waals surface area contributed by atoms with E-state index in [4.69, 9.17) is 0 Å². The van der Waals surface area contributed by atoms with Crippen molar-refractivity contribution in [2.75, 3.05) is 5.32 Å². The number of aromatic nitrogens is 2. The second kappa shape index (κ2) is 4.57. The van der Waals surface area contributed by atoms with Crippen molar-refractivity contribution in [1.82, 2.24) is 9.97 Å². The molecular formula is C13H15N3OS. The summed E-state index contributed by atoms with van der Waals surface area (Å²) >= 11 is 1.69. The zero-order valence-corrected chi connectivity index (χ0v) is 11.0. The standard InChI is InChI=1S/C13H15N3OS/c1-8-6-18-7-10(8)5-14-11-4-12(17)16-13(15-11)9-2-3-9/h4,6-7,9H,2-3,5H2,1H3,(H2,14,15,16,17). The topological polar surface area (TPSA) is 57.8 Å². The summed E-state index contributed by atoms with van der Waals surface area (Å²) in [6.45, 7) is 2.81. The van der Waals surface area contributed by atoms with Gasteiger partial charge in [-0.25, -0.2) is 4.98 Å². The van der Waals surface area contributed by atoms with Gasteiger partial charge < -0.3 is 10.3 Å². The SMILES string of the molecule is Cc1cscc1CNc1cc(=O)[nH]c(C2CC2)n1. The van der Waals surface area contributed by atoms with E-state index in [0.29, 0.717) is 11.7 Å². The van der Waals surface area contributed by atoms with Crippen LogP contribution in [0.2, 0.25) is 0 Å². The largest absolute Gasteiger partial charge is 0.366 e. The molecule has 0 saturated heterocycles. The quantitative estimate of drug-likeness (QED) is 0.889. The summed E-state index contributed by atoms with van der Waals surface area (Å²) in [4.78, 5) is 18.8. The van der Waals surface area contributed by atoms with Crippen LogP contribution in [0.25, 0.3) is 0 Å². The molecule has 0 aliphatic heterocycles. The number of anilines is 1. The van der Waals surface area contributed by atoms with Gasteiger partial charge >= 0.3 is 0 Å². The van der Waals surface area contributed by atoms with Gasteiger partial charge in [-0.2, -0.15) is 11.3 Å². The molecule has 0 amide bonds. The van der Waals surface area contributed by atoms with Crippen LogP contribution in [-0.2, 0) is 6.54 Å². The molecule has 0 bridgehead atoms. The molecular weight excluding hydrogens is 246 g/mol. The van der Waals surface area contributed by atoms with Gasteiger partial charge in [-0.1, -0.05) is 0 Å². The predicted molar refractivity (Wildman–Crippen MR) is 73.2 cm³/mol. The first-order chi connectivity index (χ1) is 8.72. The monoisotopic (exact) mass is 261 g/mol. The number of rotatable bonds is 4. The van der Waals surface area contributed by atoms with E-state index >= 15 is 0 Å². The van der Waals surface area contributed by atoms with Gasteiger partial charge in [-0.05, 0) is 41.7 Å². The van der Waals surface area contributed by atoms with Crippen LogP contribution in [0, 0.1) is 6.92 Å². The van der Waals surface area contributed by atoms with Crippen LogP contribution in [0.1, 0.15) is 35.7 Å². The van der Waals surface area contributed by atoms with Crippen LogP contribution >= 0.6 is 11.3 Å². The van der Waals surface area contributed by atoms with Gasteiger partial charge in [-0.3, -0.25) is 4.79 Å². The highest BCUT2D eigenvalue weighted by molar-refractivity contribution is 7.08. The molecule has 1 aliphatic rings. The van der Waals surface area contributed by atoms with Gasteiger partial charge in [0.05, 0.1) is 0 Å². The molecule has 3 rings (SSSR count). The maximum atomic E-state index is 11.5. The van der Waals surface area contributed by atoms with Crippen molar-refractivity contribution in [2.45, 2.75) is 32.2 Å². The average molecular weight is 261 g/mol. The van der Waals surface area contributed by atoms with Crippen molar-refractivity contribution >= 4 is 17.2 Å². The van der Waals surface area contributed by atoms with Crippen molar-refractivity contribution in [3.63, 3.8) is 0 Å². The number of aromatic amines is 1. The van der Waals surface area contributed by atoms with Gasteiger partial charge in [-0.15, -0.1) is 0 Å². The molecule has 0 atom stereocenters. The fourth-order valence-electron chi connectivity index (χ4n) is 1.87. The number of thiophene rings is 1. The zero-order valence-electron chi connectivity index (χ0n) is 10.2. The molecule has 1 aliphatic carbocycles. The first-order valence-corrected chi connectivity index (χ1v) is 7.03. The Kier molecular flexibility index (Phi) is 2.91. The third-order valence-corrected chi connectivity index (χ3v) is 4.06. The number of aryl methyl sites for hydroxylation is 1. The minimum absolute atomic E-state index is 0.0727. The van der Waals surface area contributed by atoms with E-state index in [0.717, 1.165) is 25.2 Å². The van der Waals surface area contributed by atoms with E-state index < -0.39 is 0 Å². The summed E-state index contributed by atoms with van der Waals surface area (Å²) in [7, 11) is 0. The minimum Gasteiger partial charge on any atom is -0.366 e. The van der Waals surface area contributed by atoms with E-state index in [-0.39, 0.29) is 5.56 Å². The number of H-pyrrole nitrogens is 1. The fourth-order valence-corrected chi connectivity index (χ4v) is 2.73. The van der Waals surface area contributed by atoms with Crippen molar-refractivity contribution in [3.05, 3.63) is 44.1 Å². The lowest BCUT2D eigenvalue weighted by atomic mass is 10.2. The molecule has 0 aromatic carbocycles. The van der Waals surface area contributed by atoms with Crippen LogP contribution in [-0.4, -0.2) is 9.97 Å².